The number of anilines is 1. The van der Waals surface area contributed by atoms with Gasteiger partial charge in [0.15, 0.2) is 0 Å². The van der Waals surface area contributed by atoms with E-state index in [2.05, 4.69) is 21.2 Å². The van der Waals surface area contributed by atoms with Crippen LogP contribution in [0.4, 0.5) is 10.5 Å². The molecular weight excluding hydrogens is 322 g/mol. The molecule has 2 rings (SSSR count). The second-order valence-electron chi connectivity index (χ2n) is 4.04. The first-order valence-electron chi connectivity index (χ1n) is 5.27. The summed E-state index contributed by atoms with van der Waals surface area (Å²) < 4.78 is 26.4. The summed E-state index contributed by atoms with van der Waals surface area (Å²) >= 11 is 3.18. The van der Waals surface area contributed by atoms with Gasteiger partial charge in [0.2, 0.25) is 0 Å². The predicted molar refractivity (Wildman–Crippen MR) is 70.4 cm³/mol. The fraction of sp³-hybridized carbons (Fsp3) is 0.300. The van der Waals surface area contributed by atoms with Crippen molar-refractivity contribution in [1.29, 1.82) is 0 Å². The number of nitrogens with one attached hydrogen (secondary N) is 2. The highest BCUT2D eigenvalue weighted by molar-refractivity contribution is 9.10. The number of benzene rings is 1. The molecule has 0 atom stereocenters. The lowest BCUT2D eigenvalue weighted by Gasteiger charge is -2.10. The van der Waals surface area contributed by atoms with Gasteiger partial charge in [-0.25, -0.2) is 17.9 Å². The number of rotatable bonds is 3. The highest BCUT2D eigenvalue weighted by atomic mass is 79.9. The molecule has 1 aliphatic carbocycles. The van der Waals surface area contributed by atoms with Crippen molar-refractivity contribution < 1.29 is 13.2 Å². The van der Waals surface area contributed by atoms with Crippen molar-refractivity contribution in [2.75, 3.05) is 5.73 Å². The van der Waals surface area contributed by atoms with E-state index in [4.69, 9.17) is 5.73 Å². The SMILES string of the molecule is Nc1cc(Br)ccc1S(=O)(=O)NC(=O)NC1CC1. The highest BCUT2D eigenvalue weighted by Gasteiger charge is 2.26. The summed E-state index contributed by atoms with van der Waals surface area (Å²) in [5.41, 5.74) is 5.70. The van der Waals surface area contributed by atoms with Crippen LogP contribution in [0.15, 0.2) is 27.6 Å². The van der Waals surface area contributed by atoms with E-state index in [9.17, 15) is 13.2 Å². The zero-order valence-electron chi connectivity index (χ0n) is 9.31. The number of halogens is 1. The number of sulfonamides is 1. The monoisotopic (exact) mass is 333 g/mol. The van der Waals surface area contributed by atoms with E-state index in [0.29, 0.717) is 4.47 Å². The molecule has 98 valence electrons. The van der Waals surface area contributed by atoms with E-state index in [1.165, 1.54) is 12.1 Å². The first-order chi connectivity index (χ1) is 8.38. The quantitative estimate of drug-likeness (QED) is 0.723. The van der Waals surface area contributed by atoms with Crippen LogP contribution >= 0.6 is 15.9 Å². The van der Waals surface area contributed by atoms with Gasteiger partial charge in [0, 0.05) is 10.5 Å². The molecule has 1 aliphatic rings. The fourth-order valence-electron chi connectivity index (χ4n) is 1.38. The molecule has 0 unspecified atom stereocenters. The standard InChI is InChI=1S/C10H12BrN3O3S/c11-6-1-4-9(8(12)5-6)18(16,17)14-10(15)13-7-2-3-7/h1,4-5,7H,2-3,12H2,(H2,13,14,15). The number of hydrogen-bond donors (Lipinski definition) is 3. The molecule has 8 heteroatoms. The van der Waals surface area contributed by atoms with E-state index < -0.39 is 16.1 Å². The Morgan fingerprint density at radius 3 is 2.61 bits per heavy atom. The molecule has 2 amide bonds. The molecule has 1 saturated carbocycles. The van der Waals surface area contributed by atoms with Crippen molar-refractivity contribution in [3.05, 3.63) is 22.7 Å². The van der Waals surface area contributed by atoms with Crippen LogP contribution in [0.3, 0.4) is 0 Å². The maximum atomic E-state index is 11.9. The summed E-state index contributed by atoms with van der Waals surface area (Å²) in [7, 11) is -3.93. The maximum Gasteiger partial charge on any atom is 0.328 e. The van der Waals surface area contributed by atoms with Gasteiger partial charge in [-0.1, -0.05) is 15.9 Å². The van der Waals surface area contributed by atoms with Crippen LogP contribution in [0, 0.1) is 0 Å². The molecule has 1 aromatic carbocycles. The van der Waals surface area contributed by atoms with E-state index in [0.717, 1.165) is 12.8 Å². The first kappa shape index (κ1) is 13.2. The average molecular weight is 334 g/mol. The van der Waals surface area contributed by atoms with Gasteiger partial charge in [-0.05, 0) is 31.0 Å². The number of nitrogens with two attached hydrogens (primary N) is 1. The zero-order chi connectivity index (χ0) is 13.3. The van der Waals surface area contributed by atoms with Crippen molar-refractivity contribution >= 4 is 37.7 Å². The lowest BCUT2D eigenvalue weighted by atomic mass is 10.3. The largest absolute Gasteiger partial charge is 0.398 e. The number of amides is 2. The number of carbonyl (C=O) groups excluding carboxylic acids is 1. The van der Waals surface area contributed by atoms with Gasteiger partial charge in [-0.15, -0.1) is 0 Å². The van der Waals surface area contributed by atoms with Gasteiger partial charge >= 0.3 is 6.03 Å². The Bertz CT molecular complexity index is 584. The van der Waals surface area contributed by atoms with Gasteiger partial charge in [0.25, 0.3) is 10.0 Å². The summed E-state index contributed by atoms with van der Waals surface area (Å²) in [6, 6.07) is 3.71. The Balaban J connectivity index is 2.16. The predicted octanol–water partition coefficient (Wildman–Crippen LogP) is 1.18. The minimum absolute atomic E-state index is 0.0797. The second-order valence-corrected chi connectivity index (χ2v) is 6.60. The van der Waals surface area contributed by atoms with Gasteiger partial charge in [0.05, 0.1) is 5.69 Å². The topological polar surface area (TPSA) is 101 Å². The van der Waals surface area contributed by atoms with E-state index in [1.807, 2.05) is 4.72 Å². The Hall–Kier alpha value is -1.28. The van der Waals surface area contributed by atoms with Crippen molar-refractivity contribution in [2.45, 2.75) is 23.8 Å². The van der Waals surface area contributed by atoms with Crippen LogP contribution in [-0.2, 0) is 10.0 Å². The minimum Gasteiger partial charge on any atom is -0.398 e. The third kappa shape index (κ3) is 3.14. The normalized spacial score (nSPS) is 15.2. The third-order valence-electron chi connectivity index (χ3n) is 2.40. The summed E-state index contributed by atoms with van der Waals surface area (Å²) in [5.74, 6) is 0. The van der Waals surface area contributed by atoms with Crippen molar-refractivity contribution in [3.8, 4) is 0 Å². The Kier molecular flexibility index (Phi) is 3.49. The third-order valence-corrected chi connectivity index (χ3v) is 4.30. The molecular formula is C10H12BrN3O3S. The van der Waals surface area contributed by atoms with E-state index in [1.54, 1.807) is 6.07 Å². The van der Waals surface area contributed by atoms with Crippen LogP contribution in [0.25, 0.3) is 0 Å². The van der Waals surface area contributed by atoms with Crippen molar-refractivity contribution in [3.63, 3.8) is 0 Å². The lowest BCUT2D eigenvalue weighted by Crippen LogP contribution is -2.40. The smallest absolute Gasteiger partial charge is 0.328 e. The molecule has 4 N–H and O–H groups in total. The Morgan fingerprint density at radius 1 is 1.39 bits per heavy atom. The molecule has 1 fully saturated rings. The molecule has 1 aromatic rings. The van der Waals surface area contributed by atoms with Crippen LogP contribution in [-0.4, -0.2) is 20.5 Å². The molecule has 0 radical (unpaired) electrons. The molecule has 0 aliphatic heterocycles. The number of urea groups is 1. The van der Waals surface area contributed by atoms with Gasteiger partial charge in [-0.3, -0.25) is 0 Å². The van der Waals surface area contributed by atoms with E-state index >= 15 is 0 Å². The second kappa shape index (κ2) is 4.77. The Morgan fingerprint density at radius 2 is 2.06 bits per heavy atom. The van der Waals surface area contributed by atoms with Crippen LogP contribution in [0.2, 0.25) is 0 Å². The molecule has 18 heavy (non-hydrogen) atoms. The number of carbonyl (C=O) groups is 1. The summed E-state index contributed by atoms with van der Waals surface area (Å²) in [6.07, 6.45) is 1.77. The first-order valence-corrected chi connectivity index (χ1v) is 7.54. The van der Waals surface area contributed by atoms with Crippen LogP contribution in [0.5, 0.6) is 0 Å². The summed E-state index contributed by atoms with van der Waals surface area (Å²) in [4.78, 5) is 11.3. The molecule has 6 nitrogen and oxygen atoms in total. The van der Waals surface area contributed by atoms with Gasteiger partial charge in [0.1, 0.15) is 4.90 Å². The minimum atomic E-state index is -3.93. The Labute approximate surface area is 113 Å². The average Bonchev–Trinajstić information content (AvgIpc) is 2.99. The van der Waals surface area contributed by atoms with Crippen LogP contribution < -0.4 is 15.8 Å². The van der Waals surface area contributed by atoms with Crippen LogP contribution in [0.1, 0.15) is 12.8 Å². The van der Waals surface area contributed by atoms with Crippen molar-refractivity contribution in [2.24, 2.45) is 0 Å². The molecule has 0 spiro atoms. The van der Waals surface area contributed by atoms with Gasteiger partial charge in [-0.2, -0.15) is 0 Å². The van der Waals surface area contributed by atoms with Crippen molar-refractivity contribution in [1.82, 2.24) is 10.0 Å². The number of hydrogen-bond acceptors (Lipinski definition) is 4. The molecule has 0 aromatic heterocycles. The zero-order valence-corrected chi connectivity index (χ0v) is 11.7. The van der Waals surface area contributed by atoms with Gasteiger partial charge < -0.3 is 11.1 Å². The highest BCUT2D eigenvalue weighted by Crippen LogP contribution is 2.23. The summed E-state index contributed by atoms with van der Waals surface area (Å²) in [5, 5.41) is 2.53. The summed E-state index contributed by atoms with van der Waals surface area (Å²) in [6.45, 7) is 0. The molecule has 0 heterocycles. The molecule has 0 bridgehead atoms. The maximum absolute atomic E-state index is 11.9. The number of nitrogen functional groups attached to an aromatic ring is 1. The fourth-order valence-corrected chi connectivity index (χ4v) is 2.79. The molecule has 0 saturated heterocycles. The lowest BCUT2D eigenvalue weighted by molar-refractivity contribution is 0.245. The van der Waals surface area contributed by atoms with E-state index in [-0.39, 0.29) is 16.6 Å².